The summed E-state index contributed by atoms with van der Waals surface area (Å²) in [6.45, 7) is 4.18. The number of hydrogen-bond donors (Lipinski definition) is 2. The Morgan fingerprint density at radius 1 is 1.15 bits per heavy atom. The van der Waals surface area contributed by atoms with Gasteiger partial charge in [0.25, 0.3) is 0 Å². The van der Waals surface area contributed by atoms with Gasteiger partial charge >= 0.3 is 0 Å². The molecular formula is C24H28Cl2N6O2. The van der Waals surface area contributed by atoms with Crippen LogP contribution in [0.25, 0.3) is 10.9 Å². The maximum absolute atomic E-state index is 10.3. The molecule has 3 saturated carbocycles. The topological polar surface area (TPSA) is 88.3 Å². The average Bonchev–Trinajstić information content (AvgIpc) is 3.09. The molecule has 2 aromatic heterocycles. The maximum Gasteiger partial charge on any atom is 0.227 e. The van der Waals surface area contributed by atoms with E-state index in [9.17, 15) is 5.11 Å². The molecule has 1 saturated heterocycles. The van der Waals surface area contributed by atoms with Gasteiger partial charge in [-0.25, -0.2) is 14.6 Å². The van der Waals surface area contributed by atoms with Crippen LogP contribution < -0.4 is 10.2 Å². The first kappa shape index (κ1) is 22.3. The Bertz CT molecular complexity index is 1250. The summed E-state index contributed by atoms with van der Waals surface area (Å²) in [5, 5.41) is 20.2. The average molecular weight is 503 g/mol. The number of nitrogens with zero attached hydrogens (tertiary/aromatic N) is 5. The molecule has 2 bridgehead atoms. The van der Waals surface area contributed by atoms with Crippen molar-refractivity contribution < 1.29 is 9.84 Å². The third-order valence-electron chi connectivity index (χ3n) is 7.80. The number of nitrogens with one attached hydrogen (secondary N) is 1. The minimum absolute atomic E-state index is 0.0184. The van der Waals surface area contributed by atoms with E-state index in [2.05, 4.69) is 20.3 Å². The molecule has 1 aromatic carbocycles. The highest BCUT2D eigenvalue weighted by Gasteiger charge is 2.69. The smallest absolute Gasteiger partial charge is 0.227 e. The molecule has 7 rings (SSSR count). The number of ether oxygens (including phenoxy) is 1. The monoisotopic (exact) mass is 502 g/mol. The predicted molar refractivity (Wildman–Crippen MR) is 133 cm³/mol. The van der Waals surface area contributed by atoms with Gasteiger partial charge in [-0.2, -0.15) is 5.10 Å². The molecule has 0 unspecified atom stereocenters. The zero-order valence-electron chi connectivity index (χ0n) is 19.3. The molecule has 8 nitrogen and oxygen atoms in total. The van der Waals surface area contributed by atoms with E-state index >= 15 is 0 Å². The lowest BCUT2D eigenvalue weighted by Gasteiger charge is -2.70. The van der Waals surface area contributed by atoms with E-state index in [1.54, 1.807) is 19.5 Å². The van der Waals surface area contributed by atoms with Gasteiger partial charge in [-0.15, -0.1) is 0 Å². The van der Waals surface area contributed by atoms with Gasteiger partial charge in [0, 0.05) is 37.2 Å². The van der Waals surface area contributed by atoms with Gasteiger partial charge in [-0.1, -0.05) is 23.2 Å². The Labute approximate surface area is 208 Å². The van der Waals surface area contributed by atoms with Crippen LogP contribution in [0.2, 0.25) is 10.2 Å². The number of halogens is 2. The van der Waals surface area contributed by atoms with Crippen LogP contribution in [0, 0.1) is 5.41 Å². The van der Waals surface area contributed by atoms with E-state index in [1.807, 2.05) is 23.7 Å². The van der Waals surface area contributed by atoms with Crippen molar-refractivity contribution in [3.05, 3.63) is 34.7 Å². The molecule has 3 heterocycles. The minimum Gasteiger partial charge on any atom is -0.390 e. The van der Waals surface area contributed by atoms with Gasteiger partial charge in [-0.3, -0.25) is 0 Å². The molecule has 0 spiro atoms. The molecule has 3 aliphatic carbocycles. The van der Waals surface area contributed by atoms with Crippen LogP contribution in [0.3, 0.4) is 0 Å². The van der Waals surface area contributed by atoms with Crippen molar-refractivity contribution in [2.45, 2.75) is 50.2 Å². The standard InChI is InChI=1S/C24H28Cl2N6O2/c1-22(33)3-5-31(6-4-22)19-8-17-15(7-16(19)25)9-27-21(29-17)30-18-10-28-32(20(18)26)24-11-23(12-24,13-24)14-34-2/h7-10,33H,3-6,11-14H2,1-2H3,(H,27,29,30). The molecule has 34 heavy (non-hydrogen) atoms. The highest BCUT2D eigenvalue weighted by atomic mass is 35.5. The summed E-state index contributed by atoms with van der Waals surface area (Å²) in [6, 6.07) is 3.89. The van der Waals surface area contributed by atoms with E-state index in [0.717, 1.165) is 55.5 Å². The fraction of sp³-hybridized carbons (Fsp3) is 0.542. The van der Waals surface area contributed by atoms with Crippen molar-refractivity contribution in [3.8, 4) is 0 Å². The second-order valence-corrected chi connectivity index (χ2v) is 11.4. The zero-order valence-corrected chi connectivity index (χ0v) is 20.8. The van der Waals surface area contributed by atoms with Crippen molar-refractivity contribution >= 4 is 51.4 Å². The van der Waals surface area contributed by atoms with Crippen molar-refractivity contribution in [2.75, 3.05) is 37.0 Å². The van der Waals surface area contributed by atoms with Crippen LogP contribution in [-0.2, 0) is 10.3 Å². The SMILES string of the molecule is COCC12CC(n3ncc(Nc4ncc5cc(Cl)c(N6CCC(C)(O)CC6)cc5n4)c3Cl)(C1)C2. The number of rotatable bonds is 6. The molecule has 180 valence electrons. The van der Waals surface area contributed by atoms with E-state index in [1.165, 1.54) is 0 Å². The Balaban J connectivity index is 1.22. The minimum atomic E-state index is -0.618. The number of methoxy groups -OCH3 is 1. The number of fused-ring (bicyclic) bond motifs is 1. The second kappa shape index (κ2) is 7.68. The van der Waals surface area contributed by atoms with E-state index < -0.39 is 5.60 Å². The molecule has 0 radical (unpaired) electrons. The van der Waals surface area contributed by atoms with Gasteiger partial charge in [-0.05, 0) is 51.2 Å². The van der Waals surface area contributed by atoms with Gasteiger partial charge in [0.15, 0.2) is 5.15 Å². The highest BCUT2D eigenvalue weighted by molar-refractivity contribution is 6.34. The molecule has 0 atom stereocenters. The van der Waals surface area contributed by atoms with Crippen LogP contribution in [0.5, 0.6) is 0 Å². The third kappa shape index (κ3) is 3.54. The summed E-state index contributed by atoms with van der Waals surface area (Å²) in [6.07, 6.45) is 8.06. The number of hydrogen-bond acceptors (Lipinski definition) is 7. The zero-order chi connectivity index (χ0) is 23.7. The van der Waals surface area contributed by atoms with Crippen molar-refractivity contribution in [1.29, 1.82) is 0 Å². The van der Waals surface area contributed by atoms with Crippen molar-refractivity contribution in [3.63, 3.8) is 0 Å². The quantitative estimate of drug-likeness (QED) is 0.502. The number of benzene rings is 1. The Morgan fingerprint density at radius 2 is 1.88 bits per heavy atom. The maximum atomic E-state index is 10.3. The number of aliphatic hydroxyl groups is 1. The fourth-order valence-electron chi connectivity index (χ4n) is 6.06. The Hall–Kier alpha value is -2.13. The first-order valence-electron chi connectivity index (χ1n) is 11.7. The summed E-state index contributed by atoms with van der Waals surface area (Å²) < 4.78 is 7.31. The summed E-state index contributed by atoms with van der Waals surface area (Å²) in [5.41, 5.74) is 2.12. The first-order chi connectivity index (χ1) is 16.2. The predicted octanol–water partition coefficient (Wildman–Crippen LogP) is 4.75. The molecule has 4 aliphatic rings. The van der Waals surface area contributed by atoms with Crippen LogP contribution in [-0.4, -0.2) is 57.3 Å². The lowest BCUT2D eigenvalue weighted by atomic mass is 9.39. The highest BCUT2D eigenvalue weighted by Crippen LogP contribution is 2.71. The van der Waals surface area contributed by atoms with E-state index in [0.29, 0.717) is 40.1 Å². The number of anilines is 3. The molecule has 3 aromatic rings. The molecule has 4 fully saturated rings. The fourth-order valence-corrected chi connectivity index (χ4v) is 6.67. The van der Waals surface area contributed by atoms with Gasteiger partial charge in [0.2, 0.25) is 5.95 Å². The summed E-state index contributed by atoms with van der Waals surface area (Å²) in [7, 11) is 1.76. The van der Waals surface area contributed by atoms with E-state index in [4.69, 9.17) is 32.9 Å². The summed E-state index contributed by atoms with van der Waals surface area (Å²) in [4.78, 5) is 11.4. The molecule has 10 heteroatoms. The van der Waals surface area contributed by atoms with Gasteiger partial charge in [0.1, 0.15) is 0 Å². The van der Waals surface area contributed by atoms with Gasteiger partial charge < -0.3 is 20.1 Å². The molecule has 0 amide bonds. The molecular weight excluding hydrogens is 475 g/mol. The van der Waals surface area contributed by atoms with Crippen molar-refractivity contribution in [1.82, 2.24) is 19.7 Å². The lowest BCUT2D eigenvalue weighted by Crippen LogP contribution is -2.69. The third-order valence-corrected chi connectivity index (χ3v) is 8.47. The van der Waals surface area contributed by atoms with Crippen LogP contribution >= 0.6 is 23.2 Å². The Kier molecular flexibility index (Phi) is 5.05. The van der Waals surface area contributed by atoms with E-state index in [-0.39, 0.29) is 5.54 Å². The van der Waals surface area contributed by atoms with Crippen molar-refractivity contribution in [2.24, 2.45) is 5.41 Å². The first-order valence-corrected chi connectivity index (χ1v) is 12.4. The lowest BCUT2D eigenvalue weighted by molar-refractivity contribution is -0.217. The van der Waals surface area contributed by atoms with Crippen LogP contribution in [0.15, 0.2) is 24.5 Å². The largest absolute Gasteiger partial charge is 0.390 e. The van der Waals surface area contributed by atoms with Gasteiger partial charge in [0.05, 0.1) is 45.9 Å². The Morgan fingerprint density at radius 3 is 2.59 bits per heavy atom. The molecule has 2 N–H and O–H groups in total. The summed E-state index contributed by atoms with van der Waals surface area (Å²) >= 11 is 13.3. The van der Waals surface area contributed by atoms with Crippen LogP contribution in [0.4, 0.5) is 17.3 Å². The molecule has 1 aliphatic heterocycles. The number of piperidine rings is 1. The summed E-state index contributed by atoms with van der Waals surface area (Å²) in [5.74, 6) is 0.456. The normalized spacial score (nSPS) is 27.4. The van der Waals surface area contributed by atoms with Crippen LogP contribution in [0.1, 0.15) is 39.0 Å². The number of aromatic nitrogens is 4. The second-order valence-electron chi connectivity index (χ2n) is 10.6.